The van der Waals surface area contributed by atoms with Crippen LogP contribution in [0.25, 0.3) is 0 Å². The van der Waals surface area contributed by atoms with Crippen LogP contribution in [0, 0.1) is 25.6 Å². The Morgan fingerprint density at radius 2 is 1.80 bits per heavy atom. The molecule has 1 aliphatic rings. The Bertz CT molecular complexity index is 1160. The standard InChI is InChI=1S/C26H29ClF4N4/c1-16-12-17(2)23(21(27)13-16)35-11-3-10-34-22(24(26(29,30)31)33-25(34)35)15-19(8-9-32)14-18-4-6-20(28)7-5-18/h4-7,12-13,19H,3,8-11,14-15,32H2,1-2H3. The van der Waals surface area contributed by atoms with E-state index >= 15 is 0 Å². The molecule has 188 valence electrons. The van der Waals surface area contributed by atoms with Gasteiger partial charge in [-0.2, -0.15) is 13.2 Å². The van der Waals surface area contributed by atoms with Crippen molar-refractivity contribution in [3.8, 4) is 0 Å². The number of aryl methyl sites for hydroxylation is 2. The fourth-order valence-corrected chi connectivity index (χ4v) is 5.46. The molecule has 0 amide bonds. The molecule has 0 bridgehead atoms. The maximum atomic E-state index is 14.2. The molecule has 0 saturated carbocycles. The summed E-state index contributed by atoms with van der Waals surface area (Å²) in [6.45, 7) is 5.15. The summed E-state index contributed by atoms with van der Waals surface area (Å²) in [4.78, 5) is 5.94. The molecular formula is C26H29ClF4N4. The monoisotopic (exact) mass is 508 g/mol. The Morgan fingerprint density at radius 3 is 2.43 bits per heavy atom. The summed E-state index contributed by atoms with van der Waals surface area (Å²) >= 11 is 6.56. The number of aromatic nitrogens is 2. The summed E-state index contributed by atoms with van der Waals surface area (Å²) in [7, 11) is 0. The average Bonchev–Trinajstić information content (AvgIpc) is 3.14. The first-order valence-electron chi connectivity index (χ1n) is 11.7. The van der Waals surface area contributed by atoms with Crippen LogP contribution < -0.4 is 10.6 Å². The third kappa shape index (κ3) is 5.48. The second kappa shape index (κ2) is 10.2. The highest BCUT2D eigenvalue weighted by Gasteiger charge is 2.41. The Balaban J connectivity index is 1.75. The van der Waals surface area contributed by atoms with E-state index in [2.05, 4.69) is 4.98 Å². The minimum absolute atomic E-state index is 0.146. The molecule has 0 fully saturated rings. The first-order valence-corrected chi connectivity index (χ1v) is 12.1. The Labute approximate surface area is 207 Å². The Hall–Kier alpha value is -2.58. The number of nitrogens with zero attached hydrogens (tertiary/aromatic N) is 3. The predicted molar refractivity (Wildman–Crippen MR) is 131 cm³/mol. The molecule has 4 rings (SSSR count). The van der Waals surface area contributed by atoms with Crippen LogP contribution in [0.4, 0.5) is 29.2 Å². The number of rotatable bonds is 7. The summed E-state index contributed by atoms with van der Waals surface area (Å²) in [5, 5.41) is 0.492. The van der Waals surface area contributed by atoms with Crippen LogP contribution in [0.3, 0.4) is 0 Å². The zero-order chi connectivity index (χ0) is 25.3. The van der Waals surface area contributed by atoms with E-state index in [1.54, 1.807) is 21.6 Å². The maximum absolute atomic E-state index is 14.2. The lowest BCUT2D eigenvalue weighted by Gasteiger charge is -2.32. The minimum atomic E-state index is -4.60. The van der Waals surface area contributed by atoms with Crippen molar-refractivity contribution in [3.05, 3.63) is 75.3 Å². The van der Waals surface area contributed by atoms with Gasteiger partial charge in [-0.3, -0.25) is 0 Å². The topological polar surface area (TPSA) is 47.1 Å². The molecule has 0 spiro atoms. The molecule has 0 aliphatic carbocycles. The number of hydrogen-bond acceptors (Lipinski definition) is 3. The number of benzene rings is 2. The number of anilines is 2. The molecular weight excluding hydrogens is 480 g/mol. The average molecular weight is 509 g/mol. The van der Waals surface area contributed by atoms with Gasteiger partial charge in [0, 0.05) is 13.1 Å². The van der Waals surface area contributed by atoms with Gasteiger partial charge in [0.25, 0.3) is 0 Å². The molecule has 1 unspecified atom stereocenters. The number of nitrogens with two attached hydrogens (primary N) is 1. The van der Waals surface area contributed by atoms with Gasteiger partial charge in [-0.05, 0) is 86.9 Å². The van der Waals surface area contributed by atoms with Crippen molar-refractivity contribution < 1.29 is 17.6 Å². The third-order valence-corrected chi connectivity index (χ3v) is 6.78. The van der Waals surface area contributed by atoms with Crippen LogP contribution in [0.15, 0.2) is 36.4 Å². The molecule has 2 aromatic carbocycles. The smallest absolute Gasteiger partial charge is 0.330 e. The van der Waals surface area contributed by atoms with Gasteiger partial charge in [0.1, 0.15) is 5.82 Å². The molecule has 4 nitrogen and oxygen atoms in total. The first kappa shape index (κ1) is 25.5. The molecule has 0 radical (unpaired) electrons. The third-order valence-electron chi connectivity index (χ3n) is 6.49. The number of alkyl halides is 3. The number of hydrogen-bond donors (Lipinski definition) is 1. The number of imidazole rings is 1. The summed E-state index contributed by atoms with van der Waals surface area (Å²) in [5.41, 5.74) is 8.54. The van der Waals surface area contributed by atoms with Crippen molar-refractivity contribution in [2.24, 2.45) is 11.7 Å². The van der Waals surface area contributed by atoms with Crippen molar-refractivity contribution in [2.75, 3.05) is 18.0 Å². The molecule has 1 atom stereocenters. The van der Waals surface area contributed by atoms with Crippen molar-refractivity contribution in [1.29, 1.82) is 0 Å². The summed E-state index contributed by atoms with van der Waals surface area (Å²) in [6, 6.07) is 9.84. The molecule has 35 heavy (non-hydrogen) atoms. The van der Waals surface area contributed by atoms with E-state index in [9.17, 15) is 17.6 Å². The van der Waals surface area contributed by atoms with E-state index in [-0.39, 0.29) is 29.8 Å². The number of fused-ring (bicyclic) bond motifs is 1. The first-order chi connectivity index (χ1) is 16.6. The van der Waals surface area contributed by atoms with Gasteiger partial charge < -0.3 is 15.2 Å². The molecule has 1 aromatic heterocycles. The quantitative estimate of drug-likeness (QED) is 0.366. The largest absolute Gasteiger partial charge is 0.435 e. The Kier molecular flexibility index (Phi) is 7.43. The summed E-state index contributed by atoms with van der Waals surface area (Å²) in [6.07, 6.45) is -2.72. The van der Waals surface area contributed by atoms with Gasteiger partial charge in [0.15, 0.2) is 5.69 Å². The minimum Gasteiger partial charge on any atom is -0.330 e. The second-order valence-corrected chi connectivity index (χ2v) is 9.66. The lowest BCUT2D eigenvalue weighted by Crippen LogP contribution is -2.30. The van der Waals surface area contributed by atoms with Gasteiger partial charge in [0.05, 0.1) is 16.4 Å². The van der Waals surface area contributed by atoms with Crippen molar-refractivity contribution >= 4 is 23.2 Å². The highest BCUT2D eigenvalue weighted by atomic mass is 35.5. The lowest BCUT2D eigenvalue weighted by atomic mass is 9.91. The van der Waals surface area contributed by atoms with E-state index in [0.29, 0.717) is 49.6 Å². The summed E-state index contributed by atoms with van der Waals surface area (Å²) < 4.78 is 57.6. The molecule has 3 aromatic rings. The van der Waals surface area contributed by atoms with Crippen LogP contribution in [-0.4, -0.2) is 22.6 Å². The van der Waals surface area contributed by atoms with E-state index < -0.39 is 11.9 Å². The SMILES string of the molecule is Cc1cc(C)c(N2CCCn3c2nc(C(F)(F)F)c3CC(CCN)Cc2ccc(F)cc2)c(Cl)c1. The van der Waals surface area contributed by atoms with Crippen LogP contribution in [0.2, 0.25) is 5.02 Å². The fraction of sp³-hybridized carbons (Fsp3) is 0.423. The van der Waals surface area contributed by atoms with Crippen molar-refractivity contribution in [3.63, 3.8) is 0 Å². The van der Waals surface area contributed by atoms with Gasteiger partial charge in [-0.25, -0.2) is 9.37 Å². The zero-order valence-electron chi connectivity index (χ0n) is 19.8. The van der Waals surface area contributed by atoms with Gasteiger partial charge in [-0.1, -0.05) is 29.8 Å². The van der Waals surface area contributed by atoms with Crippen molar-refractivity contribution in [1.82, 2.24) is 9.55 Å². The van der Waals surface area contributed by atoms with E-state index in [1.807, 2.05) is 26.0 Å². The van der Waals surface area contributed by atoms with Gasteiger partial charge >= 0.3 is 6.18 Å². The fourth-order valence-electron chi connectivity index (χ4n) is 5.04. The normalized spacial score (nSPS) is 14.8. The summed E-state index contributed by atoms with van der Waals surface area (Å²) in [5.74, 6) is -0.230. The lowest BCUT2D eigenvalue weighted by molar-refractivity contribution is -0.141. The molecule has 9 heteroatoms. The van der Waals surface area contributed by atoms with Crippen LogP contribution in [0.5, 0.6) is 0 Å². The van der Waals surface area contributed by atoms with E-state index in [4.69, 9.17) is 17.3 Å². The number of halogens is 5. The van der Waals surface area contributed by atoms with Gasteiger partial charge in [0.2, 0.25) is 5.95 Å². The second-order valence-electron chi connectivity index (χ2n) is 9.25. The van der Waals surface area contributed by atoms with Crippen molar-refractivity contribution in [2.45, 2.75) is 52.3 Å². The van der Waals surface area contributed by atoms with Gasteiger partial charge in [-0.15, -0.1) is 0 Å². The highest BCUT2D eigenvalue weighted by molar-refractivity contribution is 6.33. The molecule has 2 heterocycles. The highest BCUT2D eigenvalue weighted by Crippen LogP contribution is 2.42. The van der Waals surface area contributed by atoms with Crippen LogP contribution in [-0.2, 0) is 25.6 Å². The molecule has 0 saturated heterocycles. The maximum Gasteiger partial charge on any atom is 0.435 e. The molecule has 1 aliphatic heterocycles. The van der Waals surface area contributed by atoms with Crippen LogP contribution >= 0.6 is 11.6 Å². The zero-order valence-corrected chi connectivity index (χ0v) is 20.6. The Morgan fingerprint density at radius 1 is 1.09 bits per heavy atom. The van der Waals surface area contributed by atoms with E-state index in [1.165, 1.54) is 12.1 Å². The molecule has 2 N–H and O–H groups in total. The van der Waals surface area contributed by atoms with E-state index in [0.717, 1.165) is 16.7 Å². The predicted octanol–water partition coefficient (Wildman–Crippen LogP) is 6.60. The van der Waals surface area contributed by atoms with Crippen LogP contribution in [0.1, 0.15) is 40.9 Å².